The molecule has 154 valence electrons. The van der Waals surface area contributed by atoms with Gasteiger partial charge in [0, 0.05) is 38.3 Å². The molecule has 0 spiro atoms. The Kier molecular flexibility index (Phi) is 5.91. The second-order valence-electron chi connectivity index (χ2n) is 8.30. The fourth-order valence-corrected chi connectivity index (χ4v) is 4.33. The SMILES string of the molecule is NCCn1cc(C(=O)N2CCC(N3CCCC(C(=O)NC4CC4)C3)CC2)nn1. The number of rotatable bonds is 6. The number of likely N-dealkylation sites (tertiary alicyclic amines) is 2. The van der Waals surface area contributed by atoms with E-state index in [-0.39, 0.29) is 17.7 Å². The lowest BCUT2D eigenvalue weighted by Crippen LogP contribution is -2.51. The lowest BCUT2D eigenvalue weighted by molar-refractivity contribution is -0.127. The number of hydrogen-bond donors (Lipinski definition) is 2. The highest BCUT2D eigenvalue weighted by Gasteiger charge is 2.34. The maximum atomic E-state index is 12.7. The Balaban J connectivity index is 1.27. The first kappa shape index (κ1) is 19.3. The number of aromatic nitrogens is 3. The summed E-state index contributed by atoms with van der Waals surface area (Å²) in [5, 5.41) is 11.1. The maximum Gasteiger partial charge on any atom is 0.276 e. The molecular formula is C19H31N7O2. The summed E-state index contributed by atoms with van der Waals surface area (Å²) in [6, 6.07) is 0.883. The standard InChI is InChI=1S/C19H31N7O2/c20-7-11-26-13-17(22-23-26)19(28)24-9-5-16(6-10-24)25-8-1-2-14(12-25)18(27)21-15-3-4-15/h13-16H,1-12,20H2,(H,21,27). The Morgan fingerprint density at radius 2 is 1.93 bits per heavy atom. The summed E-state index contributed by atoms with van der Waals surface area (Å²) in [6.07, 6.45) is 7.90. The lowest BCUT2D eigenvalue weighted by atomic mass is 9.93. The van der Waals surface area contributed by atoms with Gasteiger partial charge in [-0.3, -0.25) is 19.2 Å². The van der Waals surface area contributed by atoms with Gasteiger partial charge in [-0.05, 0) is 45.1 Å². The summed E-state index contributed by atoms with van der Waals surface area (Å²) in [5.74, 6) is 0.300. The van der Waals surface area contributed by atoms with Crippen LogP contribution in [-0.4, -0.2) is 81.4 Å². The monoisotopic (exact) mass is 389 g/mol. The van der Waals surface area contributed by atoms with E-state index in [4.69, 9.17) is 5.73 Å². The van der Waals surface area contributed by atoms with Crippen molar-refractivity contribution < 1.29 is 9.59 Å². The summed E-state index contributed by atoms with van der Waals surface area (Å²) in [4.78, 5) is 29.4. The molecule has 1 unspecified atom stereocenters. The zero-order valence-corrected chi connectivity index (χ0v) is 16.4. The van der Waals surface area contributed by atoms with E-state index in [2.05, 4.69) is 20.5 Å². The second kappa shape index (κ2) is 8.57. The smallest absolute Gasteiger partial charge is 0.276 e. The topological polar surface area (TPSA) is 109 Å². The predicted octanol–water partition coefficient (Wildman–Crippen LogP) is -0.168. The van der Waals surface area contributed by atoms with E-state index >= 15 is 0 Å². The minimum absolute atomic E-state index is 0.0537. The van der Waals surface area contributed by atoms with Crippen LogP contribution in [0.5, 0.6) is 0 Å². The van der Waals surface area contributed by atoms with Crippen LogP contribution >= 0.6 is 0 Å². The van der Waals surface area contributed by atoms with Crippen molar-refractivity contribution in [3.63, 3.8) is 0 Å². The van der Waals surface area contributed by atoms with Gasteiger partial charge in [-0.2, -0.15) is 0 Å². The van der Waals surface area contributed by atoms with E-state index < -0.39 is 0 Å². The summed E-state index contributed by atoms with van der Waals surface area (Å²) in [7, 11) is 0. The van der Waals surface area contributed by atoms with Gasteiger partial charge in [0.05, 0.1) is 18.7 Å². The zero-order valence-electron chi connectivity index (χ0n) is 16.4. The van der Waals surface area contributed by atoms with Gasteiger partial charge in [0.25, 0.3) is 5.91 Å². The van der Waals surface area contributed by atoms with Crippen LogP contribution in [0.1, 0.15) is 49.0 Å². The van der Waals surface area contributed by atoms with Crippen molar-refractivity contribution >= 4 is 11.8 Å². The van der Waals surface area contributed by atoms with Crippen LogP contribution in [0, 0.1) is 5.92 Å². The van der Waals surface area contributed by atoms with Gasteiger partial charge in [0.2, 0.25) is 5.91 Å². The third kappa shape index (κ3) is 4.52. The van der Waals surface area contributed by atoms with Gasteiger partial charge in [-0.25, -0.2) is 0 Å². The van der Waals surface area contributed by atoms with Crippen LogP contribution in [0.4, 0.5) is 0 Å². The Labute approximate surface area is 165 Å². The molecule has 1 aromatic rings. The van der Waals surface area contributed by atoms with Crippen molar-refractivity contribution in [3.05, 3.63) is 11.9 Å². The zero-order chi connectivity index (χ0) is 19.5. The molecule has 1 atom stereocenters. The van der Waals surface area contributed by atoms with Crippen molar-refractivity contribution in [3.8, 4) is 0 Å². The van der Waals surface area contributed by atoms with Crippen LogP contribution in [-0.2, 0) is 11.3 Å². The molecule has 0 aromatic carbocycles. The summed E-state index contributed by atoms with van der Waals surface area (Å²) >= 11 is 0. The predicted molar refractivity (Wildman–Crippen MR) is 103 cm³/mol. The molecule has 28 heavy (non-hydrogen) atoms. The molecule has 4 rings (SSSR count). The number of nitrogens with one attached hydrogen (secondary N) is 1. The first-order valence-corrected chi connectivity index (χ1v) is 10.6. The molecule has 9 heteroatoms. The Hall–Kier alpha value is -2.00. The molecule has 1 aliphatic carbocycles. The van der Waals surface area contributed by atoms with Crippen LogP contribution in [0.2, 0.25) is 0 Å². The summed E-state index contributed by atoms with van der Waals surface area (Å²) in [6.45, 7) is 4.39. The molecule has 3 heterocycles. The van der Waals surface area contributed by atoms with Gasteiger partial charge < -0.3 is 16.0 Å². The molecular weight excluding hydrogens is 358 g/mol. The minimum atomic E-state index is -0.0537. The molecule has 1 aromatic heterocycles. The number of carbonyl (C=O) groups is 2. The Morgan fingerprint density at radius 3 is 2.64 bits per heavy atom. The number of amides is 2. The third-order valence-electron chi connectivity index (χ3n) is 6.13. The van der Waals surface area contributed by atoms with Gasteiger partial charge >= 0.3 is 0 Å². The molecule has 1 saturated carbocycles. The van der Waals surface area contributed by atoms with Gasteiger partial charge in [0.15, 0.2) is 5.69 Å². The van der Waals surface area contributed by atoms with Crippen LogP contribution in [0.25, 0.3) is 0 Å². The fraction of sp³-hybridized carbons (Fsp3) is 0.789. The van der Waals surface area contributed by atoms with Crippen molar-refractivity contribution in [1.82, 2.24) is 30.1 Å². The fourth-order valence-electron chi connectivity index (χ4n) is 4.33. The molecule has 3 aliphatic rings. The number of nitrogens with two attached hydrogens (primary N) is 1. The quantitative estimate of drug-likeness (QED) is 0.699. The summed E-state index contributed by atoms with van der Waals surface area (Å²) < 4.78 is 1.61. The van der Waals surface area contributed by atoms with E-state index in [1.54, 1.807) is 10.9 Å². The molecule has 0 radical (unpaired) electrons. The van der Waals surface area contributed by atoms with Crippen LogP contribution in [0.15, 0.2) is 6.20 Å². The van der Waals surface area contributed by atoms with Crippen LogP contribution < -0.4 is 11.1 Å². The number of piperidine rings is 2. The first-order valence-electron chi connectivity index (χ1n) is 10.6. The average molecular weight is 390 g/mol. The number of carbonyl (C=O) groups excluding carboxylic acids is 2. The lowest BCUT2D eigenvalue weighted by Gasteiger charge is -2.41. The maximum absolute atomic E-state index is 12.7. The highest BCUT2D eigenvalue weighted by molar-refractivity contribution is 5.92. The van der Waals surface area contributed by atoms with E-state index in [9.17, 15) is 9.59 Å². The molecule has 2 aliphatic heterocycles. The first-order chi connectivity index (χ1) is 13.6. The van der Waals surface area contributed by atoms with E-state index in [0.717, 1.165) is 64.7 Å². The number of hydrogen-bond acceptors (Lipinski definition) is 6. The highest BCUT2D eigenvalue weighted by atomic mass is 16.2. The van der Waals surface area contributed by atoms with Crippen molar-refractivity contribution in [1.29, 1.82) is 0 Å². The summed E-state index contributed by atoms with van der Waals surface area (Å²) in [5.41, 5.74) is 5.91. The van der Waals surface area contributed by atoms with Crippen molar-refractivity contribution in [2.45, 2.75) is 57.2 Å². The molecule has 0 bridgehead atoms. The van der Waals surface area contributed by atoms with Gasteiger partial charge in [-0.15, -0.1) is 5.10 Å². The molecule has 3 N–H and O–H groups in total. The van der Waals surface area contributed by atoms with Crippen LogP contribution in [0.3, 0.4) is 0 Å². The van der Waals surface area contributed by atoms with Crippen molar-refractivity contribution in [2.75, 3.05) is 32.7 Å². The normalized spacial score (nSPS) is 24.3. The molecule has 2 saturated heterocycles. The number of nitrogens with zero attached hydrogens (tertiary/aromatic N) is 5. The third-order valence-corrected chi connectivity index (χ3v) is 6.13. The second-order valence-corrected chi connectivity index (χ2v) is 8.30. The Bertz CT molecular complexity index is 694. The molecule has 2 amide bonds. The average Bonchev–Trinajstić information content (AvgIpc) is 3.42. The van der Waals surface area contributed by atoms with Crippen molar-refractivity contribution in [2.24, 2.45) is 11.7 Å². The largest absolute Gasteiger partial charge is 0.353 e. The molecule has 9 nitrogen and oxygen atoms in total. The Morgan fingerprint density at radius 1 is 1.14 bits per heavy atom. The van der Waals surface area contributed by atoms with E-state index in [0.29, 0.717) is 30.9 Å². The van der Waals surface area contributed by atoms with Gasteiger partial charge in [-0.1, -0.05) is 5.21 Å². The highest BCUT2D eigenvalue weighted by Crippen LogP contribution is 2.26. The van der Waals surface area contributed by atoms with Gasteiger partial charge in [0.1, 0.15) is 0 Å². The molecule has 3 fully saturated rings. The van der Waals surface area contributed by atoms with E-state index in [1.165, 1.54) is 0 Å². The van der Waals surface area contributed by atoms with E-state index in [1.807, 2.05) is 4.90 Å². The minimum Gasteiger partial charge on any atom is -0.353 e.